The molecule has 2 atom stereocenters. The molecule has 2 aliphatic rings. The molecule has 1 aliphatic heterocycles. The maximum Gasteiger partial charge on any atom is 0.410 e. The molecule has 11 nitrogen and oxygen atoms in total. The molecule has 0 unspecified atom stereocenters. The predicted octanol–water partition coefficient (Wildman–Crippen LogP) is 3.31. The standard InChI is InChI=1S/C29H35N7O4S/c1-16-14-35(15-17(2)36(16)28(38)40-29(3,4)5)22-9-8-21(24-25(22)41-27(34-24)39-7)26(37)33-20-10-18(12-30)23(31)19(11-20)13-32-6/h8-11,13,16-17,31-32H,14-15H2,1-7H3,(H,33,37)/p+1/b19-13-,31-23?/t16-,17-/m0/s1. The minimum atomic E-state index is -0.580. The van der Waals surface area contributed by atoms with Crippen molar-refractivity contribution in [3.05, 3.63) is 52.9 Å². The number of benzene rings is 1. The van der Waals surface area contributed by atoms with Gasteiger partial charge < -0.3 is 25.0 Å². The van der Waals surface area contributed by atoms with Crippen molar-refractivity contribution in [2.24, 2.45) is 0 Å². The number of nitriles is 1. The van der Waals surface area contributed by atoms with E-state index in [1.165, 1.54) is 24.5 Å². The number of thiazole rings is 1. The molecular weight excluding hydrogens is 542 g/mol. The smallest absolute Gasteiger partial charge is 0.410 e. The number of hydrogen-bond donors (Lipinski definition) is 3. The van der Waals surface area contributed by atoms with Gasteiger partial charge in [-0.2, -0.15) is 5.26 Å². The number of allylic oxidation sites excluding steroid dienone is 4. The van der Waals surface area contributed by atoms with Crippen LogP contribution in [0.15, 0.2) is 47.3 Å². The molecule has 0 saturated carbocycles. The van der Waals surface area contributed by atoms with Crippen molar-refractivity contribution in [3.8, 4) is 11.3 Å². The summed E-state index contributed by atoms with van der Waals surface area (Å²) < 4.78 is 11.9. The van der Waals surface area contributed by atoms with E-state index in [1.54, 1.807) is 28.6 Å². The molecule has 41 heavy (non-hydrogen) atoms. The third kappa shape index (κ3) is 6.26. The van der Waals surface area contributed by atoms with Crippen molar-refractivity contribution in [1.82, 2.24) is 15.2 Å². The summed E-state index contributed by atoms with van der Waals surface area (Å²) >= 11 is 1.35. The Morgan fingerprint density at radius 1 is 1.24 bits per heavy atom. The number of hydrogen-bond acceptors (Lipinski definition) is 9. The molecule has 12 heteroatoms. The number of aromatic nitrogens is 1. The molecule has 2 aromatic rings. The van der Waals surface area contributed by atoms with E-state index in [9.17, 15) is 14.9 Å². The van der Waals surface area contributed by atoms with Gasteiger partial charge in [0.2, 0.25) is 0 Å². The molecule has 0 radical (unpaired) electrons. The van der Waals surface area contributed by atoms with Gasteiger partial charge in [0.25, 0.3) is 11.1 Å². The van der Waals surface area contributed by atoms with Gasteiger partial charge in [-0.05, 0) is 58.9 Å². The van der Waals surface area contributed by atoms with Gasteiger partial charge in [0.15, 0.2) is 0 Å². The highest BCUT2D eigenvalue weighted by atomic mass is 32.1. The van der Waals surface area contributed by atoms with Crippen molar-refractivity contribution < 1.29 is 24.4 Å². The second-order valence-corrected chi connectivity index (χ2v) is 12.0. The molecule has 0 bridgehead atoms. The van der Waals surface area contributed by atoms with Crippen LogP contribution in [0.4, 0.5) is 10.5 Å². The normalized spacial score (nSPS) is 20.4. The summed E-state index contributed by atoms with van der Waals surface area (Å²) in [5, 5.41) is 22.8. The number of methoxy groups -OCH3 is 1. The predicted molar refractivity (Wildman–Crippen MR) is 158 cm³/mol. The maximum absolute atomic E-state index is 13.5. The van der Waals surface area contributed by atoms with Crippen LogP contribution >= 0.6 is 11.3 Å². The highest BCUT2D eigenvalue weighted by Gasteiger charge is 2.36. The van der Waals surface area contributed by atoms with E-state index in [-0.39, 0.29) is 35.4 Å². The zero-order chi connectivity index (χ0) is 30.1. The second kappa shape index (κ2) is 11.7. The lowest BCUT2D eigenvalue weighted by atomic mass is 9.97. The summed E-state index contributed by atoms with van der Waals surface area (Å²) in [6.07, 6.45) is 4.56. The number of nitrogens with zero attached hydrogens (tertiary/aromatic N) is 4. The monoisotopic (exact) mass is 578 g/mol. The number of anilines is 1. The van der Waals surface area contributed by atoms with Crippen LogP contribution in [0.1, 0.15) is 45.0 Å². The van der Waals surface area contributed by atoms with Crippen molar-refractivity contribution in [2.45, 2.75) is 52.3 Å². The van der Waals surface area contributed by atoms with Crippen molar-refractivity contribution in [3.63, 3.8) is 0 Å². The Labute approximate surface area is 243 Å². The van der Waals surface area contributed by atoms with Crippen molar-refractivity contribution >= 4 is 45.0 Å². The lowest BCUT2D eigenvalue weighted by Gasteiger charge is -2.45. The van der Waals surface area contributed by atoms with Crippen LogP contribution in [0.2, 0.25) is 0 Å². The molecule has 1 aromatic carbocycles. The second-order valence-electron chi connectivity index (χ2n) is 11.0. The van der Waals surface area contributed by atoms with E-state index in [1.807, 2.05) is 53.8 Å². The molecule has 2 heterocycles. The van der Waals surface area contributed by atoms with Crippen LogP contribution in [0.3, 0.4) is 0 Å². The number of nitrogens with one attached hydrogen (secondary N) is 2. The number of nitrogens with two attached hydrogens (primary N) is 1. The number of carbonyl (C=O) groups is 2. The van der Waals surface area contributed by atoms with Gasteiger partial charge in [-0.15, -0.1) is 0 Å². The fraction of sp³-hybridized carbons (Fsp3) is 0.414. The van der Waals surface area contributed by atoms with Crippen LogP contribution in [-0.2, 0) is 4.74 Å². The lowest BCUT2D eigenvalue weighted by molar-refractivity contribution is -0.556. The van der Waals surface area contributed by atoms with Crippen LogP contribution < -0.4 is 20.3 Å². The Hall–Kier alpha value is -4.21. The first kappa shape index (κ1) is 29.8. The van der Waals surface area contributed by atoms with E-state index in [0.717, 1.165) is 10.4 Å². The van der Waals surface area contributed by atoms with Gasteiger partial charge in [0.05, 0.1) is 59.0 Å². The van der Waals surface area contributed by atoms with Gasteiger partial charge in [-0.3, -0.25) is 15.1 Å². The van der Waals surface area contributed by atoms with Crippen LogP contribution in [0.5, 0.6) is 5.19 Å². The maximum atomic E-state index is 13.5. The number of fused-ring (bicyclic) bond motifs is 1. The molecule has 0 spiro atoms. The number of rotatable bonds is 5. The summed E-state index contributed by atoms with van der Waals surface area (Å²) in [7, 11) is 3.36. The van der Waals surface area contributed by atoms with E-state index in [2.05, 4.69) is 15.2 Å². The highest BCUT2D eigenvalue weighted by Crippen LogP contribution is 2.39. The minimum Gasteiger partial charge on any atom is -0.473 e. The molecule has 1 saturated heterocycles. The Balaban J connectivity index is 1.64. The van der Waals surface area contributed by atoms with Gasteiger partial charge in [-0.25, -0.2) is 9.78 Å². The van der Waals surface area contributed by atoms with Gasteiger partial charge in [0.1, 0.15) is 23.4 Å². The summed E-state index contributed by atoms with van der Waals surface area (Å²) in [6, 6.07) is 5.44. The van der Waals surface area contributed by atoms with Gasteiger partial charge >= 0.3 is 6.09 Å². The number of amides is 2. The Bertz CT molecular complexity index is 1510. The average molecular weight is 579 g/mol. The molecular formula is C29H36N7O4S+. The van der Waals surface area contributed by atoms with E-state index in [0.29, 0.717) is 40.6 Å². The van der Waals surface area contributed by atoms with E-state index in [4.69, 9.17) is 14.9 Å². The van der Waals surface area contributed by atoms with Crippen molar-refractivity contribution in [1.29, 1.82) is 10.7 Å². The molecule has 1 fully saturated rings. The van der Waals surface area contributed by atoms with Crippen molar-refractivity contribution in [2.75, 3.05) is 32.1 Å². The first-order valence-electron chi connectivity index (χ1n) is 13.3. The fourth-order valence-corrected chi connectivity index (χ4v) is 5.97. The Morgan fingerprint density at radius 2 is 1.93 bits per heavy atom. The molecule has 216 valence electrons. The average Bonchev–Trinajstić information content (AvgIpc) is 3.33. The largest absolute Gasteiger partial charge is 0.473 e. The lowest BCUT2D eigenvalue weighted by Crippen LogP contribution is -2.73. The topological polar surface area (TPSA) is 148 Å². The third-order valence-corrected chi connectivity index (χ3v) is 7.72. The van der Waals surface area contributed by atoms with Crippen LogP contribution in [-0.4, -0.2) is 72.5 Å². The quantitative estimate of drug-likeness (QED) is 0.493. The molecule has 1 aliphatic carbocycles. The van der Waals surface area contributed by atoms with E-state index < -0.39 is 5.60 Å². The zero-order valence-corrected chi connectivity index (χ0v) is 25.2. The first-order valence-corrected chi connectivity index (χ1v) is 14.2. The summed E-state index contributed by atoms with van der Waals surface area (Å²) in [5.41, 5.74) is 2.41. The summed E-state index contributed by atoms with van der Waals surface area (Å²) in [5.74, 6) is -0.390. The number of piperazine rings is 1. The molecule has 2 amide bonds. The molecule has 1 aromatic heterocycles. The third-order valence-electron chi connectivity index (χ3n) is 6.68. The number of ether oxygens (including phenoxy) is 2. The van der Waals surface area contributed by atoms with Gasteiger partial charge in [0, 0.05) is 18.8 Å². The SMILES string of the molecule is C[NH2+]/C=C1/C=C(NC(=O)c2ccc(N3C[C@H](C)N(C(=O)OC(C)(C)C)[C@@H](C)C3)c3sc(OC)nc23)C=C(C#N)C1=N. The fourth-order valence-electron chi connectivity index (χ4n) is 5.02. The highest BCUT2D eigenvalue weighted by molar-refractivity contribution is 7.21. The van der Waals surface area contributed by atoms with Crippen LogP contribution in [0, 0.1) is 16.7 Å². The minimum absolute atomic E-state index is 0.106. The zero-order valence-electron chi connectivity index (χ0n) is 24.4. The summed E-state index contributed by atoms with van der Waals surface area (Å²) in [6.45, 7) is 10.7. The number of quaternary nitrogens is 1. The molecule has 4 rings (SSSR count). The van der Waals surface area contributed by atoms with Crippen LogP contribution in [0.25, 0.3) is 10.2 Å². The number of carbonyl (C=O) groups excluding carboxylic acids is 2. The summed E-state index contributed by atoms with van der Waals surface area (Å²) in [4.78, 5) is 35.0. The molecule has 4 N–H and O–H groups in total. The Kier molecular flexibility index (Phi) is 8.51. The first-order chi connectivity index (χ1) is 19.4. The Morgan fingerprint density at radius 3 is 2.51 bits per heavy atom. The van der Waals surface area contributed by atoms with E-state index >= 15 is 0 Å². The van der Waals surface area contributed by atoms with Gasteiger partial charge in [-0.1, -0.05) is 11.3 Å².